The molecule has 0 aromatic rings. The van der Waals surface area contributed by atoms with Crippen LogP contribution in [-0.2, 0) is 14.3 Å². The molecule has 0 aromatic heterocycles. The highest BCUT2D eigenvalue weighted by Crippen LogP contribution is 2.10. The summed E-state index contributed by atoms with van der Waals surface area (Å²) in [4.78, 5) is 24.7. The SMILES string of the molecule is CC(C)N(CC(N)=O)C(=O)[C@H]1NCCO[C@@H]1C. The van der Waals surface area contributed by atoms with E-state index in [0.717, 1.165) is 0 Å². The van der Waals surface area contributed by atoms with Crippen LogP contribution in [0.1, 0.15) is 20.8 Å². The van der Waals surface area contributed by atoms with Crippen LogP contribution in [0.25, 0.3) is 0 Å². The van der Waals surface area contributed by atoms with Gasteiger partial charge in [-0.15, -0.1) is 0 Å². The Bertz CT molecular complexity index is 294. The number of hydrogen-bond acceptors (Lipinski definition) is 4. The zero-order valence-corrected chi connectivity index (χ0v) is 10.6. The van der Waals surface area contributed by atoms with Gasteiger partial charge in [0.25, 0.3) is 0 Å². The molecule has 98 valence electrons. The molecular formula is C11H21N3O3. The van der Waals surface area contributed by atoms with E-state index in [-0.39, 0.29) is 24.6 Å². The molecule has 1 fully saturated rings. The summed E-state index contributed by atoms with van der Waals surface area (Å²) in [6, 6.07) is -0.462. The average Bonchev–Trinajstić information content (AvgIpc) is 2.25. The molecule has 1 saturated heterocycles. The highest BCUT2D eigenvalue weighted by Gasteiger charge is 2.33. The third-order valence-corrected chi connectivity index (χ3v) is 2.82. The molecule has 0 bridgehead atoms. The third-order valence-electron chi connectivity index (χ3n) is 2.82. The molecule has 3 N–H and O–H groups in total. The van der Waals surface area contributed by atoms with Gasteiger partial charge in [0.1, 0.15) is 6.04 Å². The molecule has 0 saturated carbocycles. The summed E-state index contributed by atoms with van der Waals surface area (Å²) in [5.74, 6) is -0.637. The van der Waals surface area contributed by atoms with Crippen molar-refractivity contribution in [1.29, 1.82) is 0 Å². The molecule has 6 nitrogen and oxygen atoms in total. The van der Waals surface area contributed by atoms with Crippen molar-refractivity contribution in [2.24, 2.45) is 5.73 Å². The molecule has 0 aromatic carbocycles. The van der Waals surface area contributed by atoms with Gasteiger partial charge in [-0.1, -0.05) is 0 Å². The monoisotopic (exact) mass is 243 g/mol. The van der Waals surface area contributed by atoms with Gasteiger partial charge in [-0.05, 0) is 20.8 Å². The van der Waals surface area contributed by atoms with E-state index in [4.69, 9.17) is 10.5 Å². The largest absolute Gasteiger partial charge is 0.375 e. The van der Waals surface area contributed by atoms with Gasteiger partial charge in [0, 0.05) is 12.6 Å². The molecule has 0 spiro atoms. The van der Waals surface area contributed by atoms with E-state index in [1.165, 1.54) is 4.90 Å². The van der Waals surface area contributed by atoms with Crippen LogP contribution in [0.3, 0.4) is 0 Å². The molecule has 17 heavy (non-hydrogen) atoms. The summed E-state index contributed by atoms with van der Waals surface area (Å²) in [5, 5.41) is 3.11. The fraction of sp³-hybridized carbons (Fsp3) is 0.818. The minimum atomic E-state index is -0.503. The number of carbonyl (C=O) groups excluding carboxylic acids is 2. The quantitative estimate of drug-likeness (QED) is 0.669. The van der Waals surface area contributed by atoms with Crippen LogP contribution >= 0.6 is 0 Å². The van der Waals surface area contributed by atoms with Crippen molar-refractivity contribution in [3.05, 3.63) is 0 Å². The van der Waals surface area contributed by atoms with E-state index in [1.807, 2.05) is 20.8 Å². The summed E-state index contributed by atoms with van der Waals surface area (Å²) in [5.41, 5.74) is 5.15. The number of morpholine rings is 1. The minimum Gasteiger partial charge on any atom is -0.375 e. The molecule has 0 aliphatic carbocycles. The van der Waals surface area contributed by atoms with Crippen LogP contribution in [-0.4, -0.2) is 54.6 Å². The molecule has 0 unspecified atom stereocenters. The summed E-state index contributed by atoms with van der Waals surface area (Å²) in [6.07, 6.45) is -0.189. The van der Waals surface area contributed by atoms with Crippen LogP contribution in [0.5, 0.6) is 0 Å². The van der Waals surface area contributed by atoms with E-state index in [2.05, 4.69) is 5.32 Å². The molecular weight excluding hydrogens is 222 g/mol. The second-order valence-electron chi connectivity index (χ2n) is 4.53. The van der Waals surface area contributed by atoms with Crippen LogP contribution < -0.4 is 11.1 Å². The first-order valence-electron chi connectivity index (χ1n) is 5.87. The van der Waals surface area contributed by atoms with Crippen molar-refractivity contribution in [3.63, 3.8) is 0 Å². The van der Waals surface area contributed by atoms with Crippen molar-refractivity contribution in [3.8, 4) is 0 Å². The van der Waals surface area contributed by atoms with Crippen LogP contribution in [0, 0.1) is 0 Å². The Labute approximate surface area is 101 Å². The normalized spacial score (nSPS) is 24.7. The Morgan fingerprint density at radius 3 is 2.65 bits per heavy atom. The second kappa shape index (κ2) is 5.97. The Morgan fingerprint density at radius 1 is 1.53 bits per heavy atom. The van der Waals surface area contributed by atoms with Gasteiger partial charge < -0.3 is 20.7 Å². The van der Waals surface area contributed by atoms with Crippen LogP contribution in [0.2, 0.25) is 0 Å². The molecule has 1 aliphatic rings. The standard InChI is InChI=1S/C11H21N3O3/c1-7(2)14(6-9(12)15)11(16)10-8(3)17-5-4-13-10/h7-8,10,13H,4-6H2,1-3H3,(H2,12,15)/t8-,10+/m1/s1. The maximum absolute atomic E-state index is 12.3. The average molecular weight is 243 g/mol. The maximum atomic E-state index is 12.3. The number of primary amides is 1. The van der Waals surface area contributed by atoms with E-state index >= 15 is 0 Å². The lowest BCUT2D eigenvalue weighted by Gasteiger charge is -2.35. The molecule has 2 atom stereocenters. The van der Waals surface area contributed by atoms with Crippen molar-refractivity contribution in [1.82, 2.24) is 10.2 Å². The Balaban J connectivity index is 2.72. The lowest BCUT2D eigenvalue weighted by atomic mass is 10.1. The minimum absolute atomic E-state index is 0.0542. The number of amides is 2. The number of carbonyl (C=O) groups is 2. The number of rotatable bonds is 4. The third kappa shape index (κ3) is 3.67. The summed E-state index contributed by atoms with van der Waals surface area (Å²) in [6.45, 7) is 6.75. The first-order chi connectivity index (χ1) is 7.93. The molecule has 1 heterocycles. The highest BCUT2D eigenvalue weighted by molar-refractivity contribution is 5.87. The molecule has 6 heteroatoms. The predicted molar refractivity (Wildman–Crippen MR) is 63.2 cm³/mol. The zero-order chi connectivity index (χ0) is 13.0. The number of nitrogens with zero attached hydrogens (tertiary/aromatic N) is 1. The van der Waals surface area contributed by atoms with Crippen molar-refractivity contribution >= 4 is 11.8 Å². The molecule has 1 rings (SSSR count). The smallest absolute Gasteiger partial charge is 0.243 e. The zero-order valence-electron chi connectivity index (χ0n) is 10.6. The number of ether oxygens (including phenoxy) is 1. The highest BCUT2D eigenvalue weighted by atomic mass is 16.5. The van der Waals surface area contributed by atoms with Crippen molar-refractivity contribution in [2.45, 2.75) is 39.0 Å². The van der Waals surface area contributed by atoms with Gasteiger partial charge in [0.2, 0.25) is 11.8 Å². The van der Waals surface area contributed by atoms with Gasteiger partial charge in [0.15, 0.2) is 0 Å². The van der Waals surface area contributed by atoms with E-state index < -0.39 is 11.9 Å². The fourth-order valence-corrected chi connectivity index (χ4v) is 1.87. The molecule has 0 radical (unpaired) electrons. The predicted octanol–water partition coefficient (Wildman–Crippen LogP) is -0.914. The molecule has 1 aliphatic heterocycles. The van der Waals surface area contributed by atoms with Gasteiger partial charge in [-0.25, -0.2) is 0 Å². The van der Waals surface area contributed by atoms with E-state index in [1.54, 1.807) is 0 Å². The summed E-state index contributed by atoms with van der Waals surface area (Å²) in [7, 11) is 0. The maximum Gasteiger partial charge on any atom is 0.243 e. The first kappa shape index (κ1) is 13.9. The number of hydrogen-bond donors (Lipinski definition) is 2. The summed E-state index contributed by atoms with van der Waals surface area (Å²) >= 11 is 0. The van der Waals surface area contributed by atoms with Crippen LogP contribution in [0.4, 0.5) is 0 Å². The van der Waals surface area contributed by atoms with E-state index in [0.29, 0.717) is 13.2 Å². The number of nitrogens with two attached hydrogens (primary N) is 1. The first-order valence-corrected chi connectivity index (χ1v) is 5.87. The van der Waals surface area contributed by atoms with Gasteiger partial charge >= 0.3 is 0 Å². The topological polar surface area (TPSA) is 84.7 Å². The Morgan fingerprint density at radius 2 is 2.18 bits per heavy atom. The van der Waals surface area contributed by atoms with Gasteiger partial charge in [0.05, 0.1) is 19.3 Å². The van der Waals surface area contributed by atoms with Crippen LogP contribution in [0.15, 0.2) is 0 Å². The van der Waals surface area contributed by atoms with Crippen molar-refractivity contribution in [2.75, 3.05) is 19.7 Å². The summed E-state index contributed by atoms with van der Waals surface area (Å²) < 4.78 is 5.42. The van der Waals surface area contributed by atoms with Crippen molar-refractivity contribution < 1.29 is 14.3 Å². The van der Waals surface area contributed by atoms with E-state index in [9.17, 15) is 9.59 Å². The second-order valence-corrected chi connectivity index (χ2v) is 4.53. The lowest BCUT2D eigenvalue weighted by Crippen LogP contribution is -2.58. The fourth-order valence-electron chi connectivity index (χ4n) is 1.87. The Hall–Kier alpha value is -1.14. The Kier molecular flexibility index (Phi) is 4.89. The lowest BCUT2D eigenvalue weighted by molar-refractivity contribution is -0.143. The number of nitrogens with one attached hydrogen (secondary N) is 1. The van der Waals surface area contributed by atoms with Gasteiger partial charge in [-0.3, -0.25) is 9.59 Å². The molecule has 2 amide bonds. The van der Waals surface area contributed by atoms with Gasteiger partial charge in [-0.2, -0.15) is 0 Å².